The summed E-state index contributed by atoms with van der Waals surface area (Å²) in [7, 11) is 0. The van der Waals surface area contributed by atoms with Crippen LogP contribution in [0, 0.1) is 18.8 Å². The number of carbonyl (C=O) groups is 2. The highest BCUT2D eigenvalue weighted by Gasteiger charge is 2.23. The molecule has 2 amide bonds. The van der Waals surface area contributed by atoms with Crippen LogP contribution in [0.15, 0.2) is 54.9 Å². The van der Waals surface area contributed by atoms with Crippen molar-refractivity contribution >= 4 is 23.4 Å². The lowest BCUT2D eigenvalue weighted by molar-refractivity contribution is -0.130. The number of amides is 2. The van der Waals surface area contributed by atoms with E-state index in [9.17, 15) is 9.59 Å². The summed E-state index contributed by atoms with van der Waals surface area (Å²) >= 11 is 5.93. The second-order valence-corrected chi connectivity index (χ2v) is 9.11. The minimum atomic E-state index is -0.319. The Bertz CT molecular complexity index is 1290. The molecule has 1 aliphatic heterocycles. The molecule has 184 valence electrons. The topological polar surface area (TPSA) is 84.4 Å². The number of hydrogen-bond acceptors (Lipinski definition) is 5. The van der Waals surface area contributed by atoms with Gasteiger partial charge in [0.15, 0.2) is 0 Å². The van der Waals surface area contributed by atoms with Crippen LogP contribution in [-0.4, -0.2) is 45.9 Å². The van der Waals surface area contributed by atoms with Crippen molar-refractivity contribution in [3.8, 4) is 17.6 Å². The maximum Gasteiger partial charge on any atom is 0.270 e. The standard InChI is InChI=1S/C28H27ClN4O3/c1-19-3-9-24(30-16-19)10-6-22-18-31-26(28(35)32-17-21-4-7-23(29)8-5-21)15-27(22)36-25-11-13-33(14-12-25)20(2)34/h3-5,7-9,15-16,18,25H,11-14,17H2,1-2H3,(H,32,35). The summed E-state index contributed by atoms with van der Waals surface area (Å²) in [5, 5.41) is 3.52. The van der Waals surface area contributed by atoms with Crippen molar-refractivity contribution in [2.45, 2.75) is 39.3 Å². The Morgan fingerprint density at radius 3 is 2.50 bits per heavy atom. The van der Waals surface area contributed by atoms with E-state index >= 15 is 0 Å². The van der Waals surface area contributed by atoms with E-state index in [0.717, 1.165) is 11.1 Å². The van der Waals surface area contributed by atoms with Crippen LogP contribution >= 0.6 is 11.6 Å². The molecule has 0 saturated carbocycles. The first kappa shape index (κ1) is 25.2. The summed E-state index contributed by atoms with van der Waals surface area (Å²) < 4.78 is 6.29. The molecule has 8 heteroatoms. The highest BCUT2D eigenvalue weighted by molar-refractivity contribution is 6.30. The first-order chi connectivity index (χ1) is 17.4. The van der Waals surface area contributed by atoms with Crippen LogP contribution in [0.4, 0.5) is 0 Å². The van der Waals surface area contributed by atoms with Gasteiger partial charge in [-0.1, -0.05) is 35.7 Å². The van der Waals surface area contributed by atoms with E-state index in [1.165, 1.54) is 0 Å². The fourth-order valence-electron chi connectivity index (χ4n) is 3.77. The number of halogens is 1. The van der Waals surface area contributed by atoms with Gasteiger partial charge < -0.3 is 15.0 Å². The zero-order chi connectivity index (χ0) is 25.5. The zero-order valence-electron chi connectivity index (χ0n) is 20.3. The lowest BCUT2D eigenvalue weighted by Crippen LogP contribution is -2.40. The fraction of sp³-hybridized carbons (Fsp3) is 0.286. The molecule has 1 aliphatic rings. The van der Waals surface area contributed by atoms with Gasteiger partial charge in [-0.3, -0.25) is 9.59 Å². The van der Waals surface area contributed by atoms with Crippen molar-refractivity contribution in [1.82, 2.24) is 20.2 Å². The van der Waals surface area contributed by atoms with Crippen LogP contribution < -0.4 is 10.1 Å². The van der Waals surface area contributed by atoms with Crippen molar-refractivity contribution in [3.63, 3.8) is 0 Å². The molecule has 0 atom stereocenters. The average molecular weight is 503 g/mol. The molecule has 2 aromatic heterocycles. The van der Waals surface area contributed by atoms with Gasteiger partial charge in [0.1, 0.15) is 23.2 Å². The van der Waals surface area contributed by atoms with Crippen LogP contribution in [0.25, 0.3) is 0 Å². The zero-order valence-corrected chi connectivity index (χ0v) is 21.0. The second kappa shape index (κ2) is 11.7. The SMILES string of the molecule is CC(=O)N1CCC(Oc2cc(C(=O)NCc3ccc(Cl)cc3)ncc2C#Cc2ccc(C)cn2)CC1. The molecule has 0 bridgehead atoms. The number of aryl methyl sites for hydroxylation is 1. The van der Waals surface area contributed by atoms with Gasteiger partial charge in [-0.15, -0.1) is 0 Å². The van der Waals surface area contributed by atoms with Crippen LogP contribution in [0.5, 0.6) is 5.75 Å². The third-order valence-electron chi connectivity index (χ3n) is 5.88. The third kappa shape index (κ3) is 6.83. The van der Waals surface area contributed by atoms with Gasteiger partial charge in [-0.2, -0.15) is 0 Å². The largest absolute Gasteiger partial charge is 0.489 e. The summed E-state index contributed by atoms with van der Waals surface area (Å²) in [6.45, 7) is 5.15. The Balaban J connectivity index is 1.53. The van der Waals surface area contributed by atoms with Gasteiger partial charge in [0, 0.05) is 62.9 Å². The van der Waals surface area contributed by atoms with Crippen LogP contribution in [0.2, 0.25) is 5.02 Å². The smallest absolute Gasteiger partial charge is 0.270 e. The van der Waals surface area contributed by atoms with Crippen molar-refractivity contribution in [3.05, 3.63) is 88.0 Å². The Kier molecular flexibility index (Phi) is 8.19. The summed E-state index contributed by atoms with van der Waals surface area (Å²) in [6.07, 6.45) is 4.62. The monoisotopic (exact) mass is 502 g/mol. The van der Waals surface area contributed by atoms with Gasteiger partial charge >= 0.3 is 0 Å². The van der Waals surface area contributed by atoms with Gasteiger partial charge in [-0.25, -0.2) is 9.97 Å². The number of piperidine rings is 1. The van der Waals surface area contributed by atoms with Gasteiger partial charge in [-0.05, 0) is 42.2 Å². The fourth-order valence-corrected chi connectivity index (χ4v) is 3.89. The Labute approximate surface area is 215 Å². The number of carbonyl (C=O) groups excluding carboxylic acids is 2. The van der Waals surface area contributed by atoms with Gasteiger partial charge in [0.05, 0.1) is 5.56 Å². The Morgan fingerprint density at radius 1 is 1.08 bits per heavy atom. The normalized spacial score (nSPS) is 13.5. The molecule has 7 nitrogen and oxygen atoms in total. The van der Waals surface area contributed by atoms with E-state index in [-0.39, 0.29) is 23.6 Å². The molecule has 1 saturated heterocycles. The van der Waals surface area contributed by atoms with Crippen LogP contribution in [0.3, 0.4) is 0 Å². The summed E-state index contributed by atoms with van der Waals surface area (Å²) in [5.74, 6) is 6.36. The molecule has 1 fully saturated rings. The predicted molar refractivity (Wildman–Crippen MR) is 138 cm³/mol. The molecule has 0 aliphatic carbocycles. The number of aromatic nitrogens is 2. The Morgan fingerprint density at radius 2 is 1.83 bits per heavy atom. The molecule has 0 unspecified atom stereocenters. The summed E-state index contributed by atoms with van der Waals surface area (Å²) in [6, 6.07) is 12.7. The number of likely N-dealkylation sites (tertiary alicyclic amines) is 1. The number of nitrogens with zero attached hydrogens (tertiary/aromatic N) is 3. The first-order valence-electron chi connectivity index (χ1n) is 11.8. The maximum atomic E-state index is 12.8. The first-order valence-corrected chi connectivity index (χ1v) is 12.1. The van der Waals surface area contributed by atoms with Crippen molar-refractivity contribution < 1.29 is 14.3 Å². The highest BCUT2D eigenvalue weighted by atomic mass is 35.5. The molecule has 36 heavy (non-hydrogen) atoms. The minimum absolute atomic E-state index is 0.0640. The Hall–Kier alpha value is -3.89. The third-order valence-corrected chi connectivity index (χ3v) is 6.13. The predicted octanol–water partition coefficient (Wildman–Crippen LogP) is 4.16. The summed E-state index contributed by atoms with van der Waals surface area (Å²) in [5.41, 5.74) is 3.41. The average Bonchev–Trinajstić information content (AvgIpc) is 2.88. The van der Waals surface area contributed by atoms with Crippen molar-refractivity contribution in [2.24, 2.45) is 0 Å². The molecule has 4 rings (SSSR count). The van der Waals surface area contributed by atoms with Gasteiger partial charge in [0.25, 0.3) is 5.91 Å². The minimum Gasteiger partial charge on any atom is -0.489 e. The van der Waals surface area contributed by atoms with Crippen molar-refractivity contribution in [1.29, 1.82) is 0 Å². The highest BCUT2D eigenvalue weighted by Crippen LogP contribution is 2.24. The van der Waals surface area contributed by atoms with E-state index in [4.69, 9.17) is 16.3 Å². The lowest BCUT2D eigenvalue weighted by Gasteiger charge is -2.31. The van der Waals surface area contributed by atoms with E-state index in [0.29, 0.717) is 54.5 Å². The number of rotatable bonds is 5. The molecular weight excluding hydrogens is 476 g/mol. The number of ether oxygens (including phenoxy) is 1. The van der Waals surface area contributed by atoms with Gasteiger partial charge in [0.2, 0.25) is 5.91 Å². The second-order valence-electron chi connectivity index (χ2n) is 8.67. The number of benzene rings is 1. The molecule has 1 aromatic carbocycles. The van der Waals surface area contributed by atoms with E-state index in [2.05, 4.69) is 27.1 Å². The van der Waals surface area contributed by atoms with E-state index in [1.807, 2.05) is 36.1 Å². The molecule has 0 spiro atoms. The molecular formula is C28H27ClN4O3. The maximum absolute atomic E-state index is 12.8. The van der Waals surface area contributed by atoms with Crippen molar-refractivity contribution in [2.75, 3.05) is 13.1 Å². The molecule has 3 heterocycles. The van der Waals surface area contributed by atoms with Crippen LogP contribution in [-0.2, 0) is 11.3 Å². The number of hydrogen-bond donors (Lipinski definition) is 1. The van der Waals surface area contributed by atoms with E-state index in [1.54, 1.807) is 37.5 Å². The summed E-state index contributed by atoms with van der Waals surface area (Å²) in [4.78, 5) is 35.0. The number of nitrogens with one attached hydrogen (secondary N) is 1. The van der Waals surface area contributed by atoms with Crippen LogP contribution in [0.1, 0.15) is 52.6 Å². The number of pyridine rings is 2. The molecule has 1 N–H and O–H groups in total. The quantitative estimate of drug-likeness (QED) is 0.530. The van der Waals surface area contributed by atoms with E-state index < -0.39 is 0 Å². The molecule has 3 aromatic rings. The molecule has 0 radical (unpaired) electrons. The lowest BCUT2D eigenvalue weighted by atomic mass is 10.1.